The first-order valence-corrected chi connectivity index (χ1v) is 7.93. The lowest BCUT2D eigenvalue weighted by atomic mass is 9.92. The maximum Gasteiger partial charge on any atom is 0.321 e. The van der Waals surface area contributed by atoms with E-state index in [1.807, 2.05) is 0 Å². The van der Waals surface area contributed by atoms with Crippen molar-refractivity contribution in [3.05, 3.63) is 0 Å². The van der Waals surface area contributed by atoms with Crippen molar-refractivity contribution in [2.75, 3.05) is 11.5 Å². The number of nitrogens with zero attached hydrogens (tertiary/aromatic N) is 1. The minimum atomic E-state index is -1.07. The van der Waals surface area contributed by atoms with Crippen molar-refractivity contribution in [2.45, 2.75) is 50.1 Å². The minimum absolute atomic E-state index is 0.129. The molecule has 1 amide bonds. The number of amides is 1. The SMILES string of the molecule is N#CC1(NC(=O)CSCC(N)C(=O)O)CCCCCC1. The Bertz CT molecular complexity index is 387. The van der Waals surface area contributed by atoms with Crippen LogP contribution < -0.4 is 11.1 Å². The number of hydrogen-bond donors (Lipinski definition) is 3. The van der Waals surface area contributed by atoms with E-state index in [0.29, 0.717) is 12.8 Å². The third-order valence-electron chi connectivity index (χ3n) is 3.40. The zero-order valence-corrected chi connectivity index (χ0v) is 12.2. The number of rotatable bonds is 6. The quantitative estimate of drug-likeness (QED) is 0.626. The summed E-state index contributed by atoms with van der Waals surface area (Å²) in [4.78, 5) is 22.4. The predicted molar refractivity (Wildman–Crippen MR) is 77.1 cm³/mol. The van der Waals surface area contributed by atoms with E-state index in [1.54, 1.807) is 0 Å². The first-order valence-electron chi connectivity index (χ1n) is 6.77. The summed E-state index contributed by atoms with van der Waals surface area (Å²) in [7, 11) is 0. The van der Waals surface area contributed by atoms with E-state index in [9.17, 15) is 14.9 Å². The summed E-state index contributed by atoms with van der Waals surface area (Å²) in [6.45, 7) is 0. The van der Waals surface area contributed by atoms with E-state index in [-0.39, 0.29) is 17.4 Å². The molecule has 0 radical (unpaired) electrons. The third-order valence-corrected chi connectivity index (χ3v) is 4.46. The van der Waals surface area contributed by atoms with Gasteiger partial charge in [0.25, 0.3) is 0 Å². The topological polar surface area (TPSA) is 116 Å². The van der Waals surface area contributed by atoms with Crippen LogP contribution >= 0.6 is 11.8 Å². The average molecular weight is 299 g/mol. The molecule has 6 nitrogen and oxygen atoms in total. The molecule has 0 aliphatic heterocycles. The van der Waals surface area contributed by atoms with Crippen LogP contribution in [0.25, 0.3) is 0 Å². The van der Waals surface area contributed by atoms with Crippen LogP contribution in [0.2, 0.25) is 0 Å². The van der Waals surface area contributed by atoms with Crippen molar-refractivity contribution in [1.29, 1.82) is 5.26 Å². The summed E-state index contributed by atoms with van der Waals surface area (Å²) in [6.07, 6.45) is 5.47. The van der Waals surface area contributed by atoms with E-state index in [0.717, 1.165) is 25.7 Å². The molecule has 1 saturated carbocycles. The highest BCUT2D eigenvalue weighted by Crippen LogP contribution is 2.26. The monoisotopic (exact) mass is 299 g/mol. The summed E-state index contributed by atoms with van der Waals surface area (Å²) in [5, 5.41) is 20.8. The van der Waals surface area contributed by atoms with Crippen LogP contribution in [0.1, 0.15) is 38.5 Å². The summed E-state index contributed by atoms with van der Waals surface area (Å²) in [6, 6.07) is 1.28. The van der Waals surface area contributed by atoms with Crippen molar-refractivity contribution < 1.29 is 14.7 Å². The summed E-state index contributed by atoms with van der Waals surface area (Å²) in [5.41, 5.74) is 4.61. The molecule has 0 heterocycles. The number of nitrogens with two attached hydrogens (primary N) is 1. The zero-order chi connectivity index (χ0) is 15.0. The van der Waals surface area contributed by atoms with Gasteiger partial charge in [0.1, 0.15) is 11.6 Å². The third kappa shape index (κ3) is 5.39. The van der Waals surface area contributed by atoms with Gasteiger partial charge in [0, 0.05) is 5.75 Å². The lowest BCUT2D eigenvalue weighted by Gasteiger charge is -2.26. The molecule has 1 fully saturated rings. The molecule has 1 aliphatic rings. The molecular weight excluding hydrogens is 278 g/mol. The van der Waals surface area contributed by atoms with Gasteiger partial charge in [0.15, 0.2) is 0 Å². The molecule has 0 aromatic carbocycles. The number of carboxylic acid groups (broad SMARTS) is 1. The Hall–Kier alpha value is -1.26. The van der Waals surface area contributed by atoms with Crippen LogP contribution in [-0.2, 0) is 9.59 Å². The Morgan fingerprint density at radius 2 is 1.95 bits per heavy atom. The largest absolute Gasteiger partial charge is 0.480 e. The molecule has 0 saturated heterocycles. The van der Waals surface area contributed by atoms with Crippen molar-refractivity contribution >= 4 is 23.6 Å². The molecule has 0 spiro atoms. The van der Waals surface area contributed by atoms with Gasteiger partial charge in [-0.3, -0.25) is 9.59 Å². The Morgan fingerprint density at radius 1 is 1.35 bits per heavy atom. The molecule has 1 rings (SSSR count). The fourth-order valence-corrected chi connectivity index (χ4v) is 3.02. The summed E-state index contributed by atoms with van der Waals surface area (Å²) in [5.74, 6) is -0.988. The molecule has 0 bridgehead atoms. The predicted octanol–water partition coefficient (Wildman–Crippen LogP) is 0.864. The molecule has 7 heteroatoms. The Labute approximate surface area is 123 Å². The maximum absolute atomic E-state index is 11.9. The van der Waals surface area contributed by atoms with Gasteiger partial charge in [-0.1, -0.05) is 25.7 Å². The van der Waals surface area contributed by atoms with Gasteiger partial charge in [0.05, 0.1) is 11.8 Å². The van der Waals surface area contributed by atoms with Gasteiger partial charge in [-0.05, 0) is 12.8 Å². The highest BCUT2D eigenvalue weighted by Gasteiger charge is 2.32. The summed E-state index contributed by atoms with van der Waals surface area (Å²) < 4.78 is 0. The minimum Gasteiger partial charge on any atom is -0.480 e. The number of thioether (sulfide) groups is 1. The molecule has 4 N–H and O–H groups in total. The van der Waals surface area contributed by atoms with Crippen molar-refractivity contribution in [3.63, 3.8) is 0 Å². The van der Waals surface area contributed by atoms with Gasteiger partial charge < -0.3 is 16.2 Å². The van der Waals surface area contributed by atoms with E-state index in [1.165, 1.54) is 11.8 Å². The Morgan fingerprint density at radius 3 is 2.45 bits per heavy atom. The zero-order valence-electron chi connectivity index (χ0n) is 11.4. The lowest BCUT2D eigenvalue weighted by Crippen LogP contribution is -2.48. The fourth-order valence-electron chi connectivity index (χ4n) is 2.25. The molecule has 20 heavy (non-hydrogen) atoms. The molecule has 0 aromatic heterocycles. The van der Waals surface area contributed by atoms with Gasteiger partial charge >= 0.3 is 5.97 Å². The van der Waals surface area contributed by atoms with Crippen molar-refractivity contribution in [2.24, 2.45) is 5.73 Å². The highest BCUT2D eigenvalue weighted by molar-refractivity contribution is 8.00. The molecule has 1 unspecified atom stereocenters. The van der Waals surface area contributed by atoms with Crippen molar-refractivity contribution in [1.82, 2.24) is 5.32 Å². The van der Waals surface area contributed by atoms with Crippen LogP contribution in [-0.4, -0.2) is 40.1 Å². The normalized spacial score (nSPS) is 19.4. The molecule has 0 aromatic rings. The van der Waals surface area contributed by atoms with E-state index in [4.69, 9.17) is 10.8 Å². The number of hydrogen-bond acceptors (Lipinski definition) is 5. The standard InChI is InChI=1S/C13H21N3O3S/c14-9-13(5-3-1-2-4-6-13)16-11(17)8-20-7-10(15)12(18)19/h10H,1-8,15H2,(H,16,17)(H,18,19). The molecule has 1 atom stereocenters. The maximum atomic E-state index is 11.9. The fraction of sp³-hybridized carbons (Fsp3) is 0.769. The van der Waals surface area contributed by atoms with E-state index >= 15 is 0 Å². The van der Waals surface area contributed by atoms with E-state index in [2.05, 4.69) is 11.4 Å². The Kier molecular flexibility index (Phi) is 6.82. The smallest absolute Gasteiger partial charge is 0.321 e. The lowest BCUT2D eigenvalue weighted by molar-refractivity contribution is -0.138. The van der Waals surface area contributed by atoms with Gasteiger partial charge in [0.2, 0.25) is 5.91 Å². The van der Waals surface area contributed by atoms with E-state index < -0.39 is 17.6 Å². The van der Waals surface area contributed by atoms with Crippen LogP contribution in [0.15, 0.2) is 0 Å². The van der Waals surface area contributed by atoms with Gasteiger partial charge in [-0.2, -0.15) is 5.26 Å². The van der Waals surface area contributed by atoms with Crippen LogP contribution in [0.5, 0.6) is 0 Å². The molecule has 1 aliphatic carbocycles. The number of nitrogens with one attached hydrogen (secondary N) is 1. The Balaban J connectivity index is 2.39. The number of carbonyl (C=O) groups excluding carboxylic acids is 1. The van der Waals surface area contributed by atoms with Gasteiger partial charge in [-0.25, -0.2) is 0 Å². The van der Waals surface area contributed by atoms with Gasteiger partial charge in [-0.15, -0.1) is 11.8 Å². The second-order valence-electron chi connectivity index (χ2n) is 5.12. The molecular formula is C13H21N3O3S. The van der Waals surface area contributed by atoms with Crippen LogP contribution in [0.3, 0.4) is 0 Å². The molecule has 112 valence electrons. The number of carbonyl (C=O) groups is 2. The first-order chi connectivity index (χ1) is 9.49. The summed E-state index contributed by atoms with van der Waals surface area (Å²) >= 11 is 1.17. The highest BCUT2D eigenvalue weighted by atomic mass is 32.2. The van der Waals surface area contributed by atoms with Crippen LogP contribution in [0, 0.1) is 11.3 Å². The number of aliphatic carboxylic acids is 1. The first kappa shape index (κ1) is 16.8. The van der Waals surface area contributed by atoms with Crippen molar-refractivity contribution in [3.8, 4) is 6.07 Å². The second kappa shape index (κ2) is 8.12. The second-order valence-corrected chi connectivity index (χ2v) is 6.15. The van der Waals surface area contributed by atoms with Crippen LogP contribution in [0.4, 0.5) is 0 Å². The number of carboxylic acids is 1. The average Bonchev–Trinajstić information content (AvgIpc) is 2.64. The number of nitriles is 1.